The van der Waals surface area contributed by atoms with Crippen molar-refractivity contribution in [1.29, 1.82) is 0 Å². The third-order valence-electron chi connectivity index (χ3n) is 2.90. The number of para-hydroxylation sites is 1. The zero-order valence-corrected chi connectivity index (χ0v) is 10.7. The second-order valence-electron chi connectivity index (χ2n) is 4.30. The molecule has 0 radical (unpaired) electrons. The number of carbonyl (C=O) groups excluding carboxylic acids is 2. The Morgan fingerprint density at radius 2 is 1.79 bits per heavy atom. The maximum atomic E-state index is 11.7. The van der Waals surface area contributed by atoms with Gasteiger partial charge >= 0.3 is 6.09 Å². The minimum absolute atomic E-state index is 0.205. The van der Waals surface area contributed by atoms with Gasteiger partial charge in [-0.1, -0.05) is 18.2 Å². The van der Waals surface area contributed by atoms with Crippen LogP contribution in [0.5, 0.6) is 5.75 Å². The van der Waals surface area contributed by atoms with Gasteiger partial charge in [0, 0.05) is 25.9 Å². The summed E-state index contributed by atoms with van der Waals surface area (Å²) in [4.78, 5) is 24.3. The molecule has 0 spiro atoms. The largest absolute Gasteiger partial charge is 0.490 e. The molecule has 1 amide bonds. The molecule has 0 saturated carbocycles. The number of hydrogen-bond donors (Lipinski definition) is 0. The lowest BCUT2D eigenvalue weighted by Crippen LogP contribution is -2.39. The monoisotopic (exact) mass is 263 g/mol. The van der Waals surface area contributed by atoms with Crippen molar-refractivity contribution in [3.05, 3.63) is 30.3 Å². The Hall–Kier alpha value is -2.04. The lowest BCUT2D eigenvalue weighted by Gasteiger charge is -2.25. The van der Waals surface area contributed by atoms with E-state index in [4.69, 9.17) is 9.47 Å². The predicted molar refractivity (Wildman–Crippen MR) is 69.1 cm³/mol. The van der Waals surface area contributed by atoms with E-state index in [9.17, 15) is 9.59 Å². The van der Waals surface area contributed by atoms with E-state index in [2.05, 4.69) is 0 Å². The SMILES string of the molecule is O=C1CCN(C(=O)OCCOc2ccccc2)CC1. The number of nitrogens with zero attached hydrogens (tertiary/aromatic N) is 1. The number of amides is 1. The van der Waals surface area contributed by atoms with Crippen LogP contribution in [0.4, 0.5) is 4.79 Å². The van der Waals surface area contributed by atoms with Crippen LogP contribution in [0.3, 0.4) is 0 Å². The van der Waals surface area contributed by atoms with Crippen molar-refractivity contribution in [2.24, 2.45) is 0 Å². The third kappa shape index (κ3) is 4.28. The van der Waals surface area contributed by atoms with Crippen LogP contribution in [0.15, 0.2) is 30.3 Å². The fraction of sp³-hybridized carbons (Fsp3) is 0.429. The van der Waals surface area contributed by atoms with Gasteiger partial charge in [0.15, 0.2) is 0 Å². The normalized spacial score (nSPS) is 15.2. The summed E-state index contributed by atoms with van der Waals surface area (Å²) < 4.78 is 10.5. The average molecular weight is 263 g/mol. The highest BCUT2D eigenvalue weighted by Gasteiger charge is 2.21. The summed E-state index contributed by atoms with van der Waals surface area (Å²) in [5, 5.41) is 0. The summed E-state index contributed by atoms with van der Waals surface area (Å²) in [6, 6.07) is 9.36. The minimum Gasteiger partial charge on any atom is -0.490 e. The molecule has 19 heavy (non-hydrogen) atoms. The van der Waals surface area contributed by atoms with Crippen LogP contribution in [0, 0.1) is 0 Å². The zero-order valence-electron chi connectivity index (χ0n) is 10.7. The number of hydrogen-bond acceptors (Lipinski definition) is 4. The van der Waals surface area contributed by atoms with Crippen LogP contribution in [0.2, 0.25) is 0 Å². The van der Waals surface area contributed by atoms with Gasteiger partial charge in [0.25, 0.3) is 0 Å². The number of likely N-dealkylation sites (tertiary alicyclic amines) is 1. The van der Waals surface area contributed by atoms with Crippen molar-refractivity contribution < 1.29 is 19.1 Å². The highest BCUT2D eigenvalue weighted by atomic mass is 16.6. The van der Waals surface area contributed by atoms with E-state index in [1.807, 2.05) is 30.3 Å². The van der Waals surface area contributed by atoms with Crippen molar-refractivity contribution in [2.75, 3.05) is 26.3 Å². The van der Waals surface area contributed by atoms with Gasteiger partial charge in [-0.15, -0.1) is 0 Å². The van der Waals surface area contributed by atoms with E-state index >= 15 is 0 Å². The Labute approximate surface area is 112 Å². The van der Waals surface area contributed by atoms with Gasteiger partial charge in [0.05, 0.1) is 0 Å². The molecule has 1 aromatic rings. The van der Waals surface area contributed by atoms with Gasteiger partial charge < -0.3 is 14.4 Å². The molecule has 1 aliphatic rings. The molecule has 5 heteroatoms. The molecule has 1 saturated heterocycles. The summed E-state index contributed by atoms with van der Waals surface area (Å²) in [5.74, 6) is 0.957. The van der Waals surface area contributed by atoms with Gasteiger partial charge in [0.1, 0.15) is 24.7 Å². The van der Waals surface area contributed by atoms with Crippen molar-refractivity contribution in [3.63, 3.8) is 0 Å². The number of piperidine rings is 1. The molecule has 102 valence electrons. The molecule has 0 unspecified atom stereocenters. The first-order valence-electron chi connectivity index (χ1n) is 6.37. The number of carbonyl (C=O) groups is 2. The molecular weight excluding hydrogens is 246 g/mol. The minimum atomic E-state index is -0.371. The first kappa shape index (κ1) is 13.4. The quantitative estimate of drug-likeness (QED) is 0.778. The zero-order chi connectivity index (χ0) is 13.5. The summed E-state index contributed by atoms with van der Waals surface area (Å²) in [6.07, 6.45) is 0.481. The predicted octanol–water partition coefficient (Wildman–Crippen LogP) is 1.87. The summed E-state index contributed by atoms with van der Waals surface area (Å²) in [5.41, 5.74) is 0. The number of ketones is 1. The van der Waals surface area contributed by atoms with Crippen LogP contribution in [-0.2, 0) is 9.53 Å². The molecule has 0 atom stereocenters. The third-order valence-corrected chi connectivity index (χ3v) is 2.90. The maximum absolute atomic E-state index is 11.7. The van der Waals surface area contributed by atoms with E-state index in [0.717, 1.165) is 5.75 Å². The summed E-state index contributed by atoms with van der Waals surface area (Å²) in [7, 11) is 0. The van der Waals surface area contributed by atoms with E-state index in [1.54, 1.807) is 4.90 Å². The molecule has 0 bridgehead atoms. The van der Waals surface area contributed by atoms with Crippen LogP contribution < -0.4 is 4.74 Å². The fourth-order valence-electron chi connectivity index (χ4n) is 1.84. The van der Waals surface area contributed by atoms with E-state index in [0.29, 0.717) is 32.5 Å². The molecular formula is C14H17NO4. The van der Waals surface area contributed by atoms with Crippen LogP contribution >= 0.6 is 0 Å². The lowest BCUT2D eigenvalue weighted by molar-refractivity contribution is -0.121. The van der Waals surface area contributed by atoms with Gasteiger partial charge in [-0.05, 0) is 12.1 Å². The number of rotatable bonds is 4. The van der Waals surface area contributed by atoms with E-state index in [-0.39, 0.29) is 18.5 Å². The van der Waals surface area contributed by atoms with E-state index in [1.165, 1.54) is 0 Å². The van der Waals surface area contributed by atoms with Crippen molar-refractivity contribution in [3.8, 4) is 5.75 Å². The van der Waals surface area contributed by atoms with Gasteiger partial charge in [0.2, 0.25) is 0 Å². The Morgan fingerprint density at radius 1 is 1.11 bits per heavy atom. The molecule has 1 aromatic carbocycles. The van der Waals surface area contributed by atoms with E-state index < -0.39 is 0 Å². The molecule has 2 rings (SSSR count). The Kier molecular flexibility index (Phi) is 4.78. The Bertz CT molecular complexity index is 422. The molecule has 0 N–H and O–H groups in total. The van der Waals surface area contributed by atoms with Crippen molar-refractivity contribution >= 4 is 11.9 Å². The van der Waals surface area contributed by atoms with Crippen LogP contribution in [0.1, 0.15) is 12.8 Å². The fourth-order valence-corrected chi connectivity index (χ4v) is 1.84. The molecule has 0 aliphatic carbocycles. The van der Waals surface area contributed by atoms with Gasteiger partial charge in [-0.3, -0.25) is 4.79 Å². The lowest BCUT2D eigenvalue weighted by atomic mass is 10.1. The first-order valence-corrected chi connectivity index (χ1v) is 6.37. The first-order chi connectivity index (χ1) is 9.25. The Morgan fingerprint density at radius 3 is 2.47 bits per heavy atom. The highest BCUT2D eigenvalue weighted by Crippen LogP contribution is 2.09. The number of Topliss-reactive ketones (excluding diaryl/α,β-unsaturated/α-hetero) is 1. The second-order valence-corrected chi connectivity index (χ2v) is 4.30. The topological polar surface area (TPSA) is 55.8 Å². The highest BCUT2D eigenvalue weighted by molar-refractivity contribution is 5.81. The maximum Gasteiger partial charge on any atom is 0.409 e. The molecule has 1 heterocycles. The number of benzene rings is 1. The van der Waals surface area contributed by atoms with Crippen molar-refractivity contribution in [1.82, 2.24) is 4.90 Å². The van der Waals surface area contributed by atoms with Crippen LogP contribution in [-0.4, -0.2) is 43.1 Å². The second kappa shape index (κ2) is 6.78. The van der Waals surface area contributed by atoms with Gasteiger partial charge in [-0.25, -0.2) is 4.79 Å². The van der Waals surface area contributed by atoms with Gasteiger partial charge in [-0.2, -0.15) is 0 Å². The molecule has 0 aromatic heterocycles. The summed E-state index contributed by atoms with van der Waals surface area (Å²) in [6.45, 7) is 1.44. The standard InChI is InChI=1S/C14H17NO4/c16-12-6-8-15(9-7-12)14(17)19-11-10-18-13-4-2-1-3-5-13/h1-5H,6-11H2. The molecule has 5 nitrogen and oxygen atoms in total. The van der Waals surface area contributed by atoms with Crippen molar-refractivity contribution in [2.45, 2.75) is 12.8 Å². The average Bonchev–Trinajstić information content (AvgIpc) is 2.45. The summed E-state index contributed by atoms with van der Waals surface area (Å²) >= 11 is 0. The number of ether oxygens (including phenoxy) is 2. The molecule has 1 aliphatic heterocycles. The smallest absolute Gasteiger partial charge is 0.409 e. The Balaban J connectivity index is 1.63. The molecule has 1 fully saturated rings. The van der Waals surface area contributed by atoms with Crippen LogP contribution in [0.25, 0.3) is 0 Å².